The number of halogens is 1. The number of hydrogen-bond donors (Lipinski definition) is 5. The molecule has 240 valence electrons. The van der Waals surface area contributed by atoms with Gasteiger partial charge in [-0.25, -0.2) is 4.79 Å². The van der Waals surface area contributed by atoms with Crippen molar-refractivity contribution in [3.05, 3.63) is 58.5 Å². The second-order valence-corrected chi connectivity index (χ2v) is 12.4. The molecule has 1 aromatic heterocycles. The highest BCUT2D eigenvalue weighted by Gasteiger charge is 2.48. The third-order valence-corrected chi connectivity index (χ3v) is 9.54. The minimum Gasteiger partial charge on any atom is -0.481 e. The predicted molar refractivity (Wildman–Crippen MR) is 163 cm³/mol. The van der Waals surface area contributed by atoms with Crippen molar-refractivity contribution in [3.8, 4) is 0 Å². The minimum absolute atomic E-state index is 0.0111. The number of carboxylic acids is 2. The number of nitrogens with zero attached hydrogens (tertiary/aromatic N) is 1. The Morgan fingerprint density at radius 3 is 2.64 bits per heavy atom. The van der Waals surface area contributed by atoms with Crippen molar-refractivity contribution < 1.29 is 49.4 Å². The van der Waals surface area contributed by atoms with E-state index in [1.54, 1.807) is 22.3 Å². The van der Waals surface area contributed by atoms with E-state index >= 15 is 0 Å². The molecule has 44 heavy (non-hydrogen) atoms. The second kappa shape index (κ2) is 15.9. The molecule has 2 aliphatic rings. The average Bonchev–Trinajstić information content (AvgIpc) is 3.31. The van der Waals surface area contributed by atoms with Crippen molar-refractivity contribution in [1.29, 1.82) is 0 Å². The first-order valence-electron chi connectivity index (χ1n) is 14.6. The molecule has 2 fully saturated rings. The zero-order valence-corrected chi connectivity index (χ0v) is 25.6. The number of carboxylic acid groups (broad SMARTS) is 2. The normalized spacial score (nSPS) is 27.0. The number of aryl methyl sites for hydroxylation is 1. The van der Waals surface area contributed by atoms with E-state index in [4.69, 9.17) is 26.2 Å². The highest BCUT2D eigenvalue weighted by molar-refractivity contribution is 7.19. The molecule has 3 unspecified atom stereocenters. The van der Waals surface area contributed by atoms with Crippen LogP contribution < -0.4 is 0 Å². The van der Waals surface area contributed by atoms with Gasteiger partial charge in [0.25, 0.3) is 0 Å². The van der Waals surface area contributed by atoms with E-state index in [2.05, 4.69) is 0 Å². The minimum atomic E-state index is -1.84. The summed E-state index contributed by atoms with van der Waals surface area (Å²) in [7, 11) is 0. The van der Waals surface area contributed by atoms with Gasteiger partial charge in [-0.2, -0.15) is 0 Å². The van der Waals surface area contributed by atoms with Crippen LogP contribution in [-0.2, 0) is 30.3 Å². The number of aliphatic hydroxyl groups is 3. The van der Waals surface area contributed by atoms with E-state index in [-0.39, 0.29) is 18.4 Å². The highest BCUT2D eigenvalue weighted by atomic mass is 35.5. The summed E-state index contributed by atoms with van der Waals surface area (Å²) in [5.74, 6) is -2.37. The van der Waals surface area contributed by atoms with Gasteiger partial charge in [0.15, 0.2) is 12.4 Å². The molecule has 13 heteroatoms. The number of carbonyl (C=O) groups is 3. The molecule has 5 N–H and O–H groups in total. The quantitative estimate of drug-likeness (QED) is 0.150. The van der Waals surface area contributed by atoms with E-state index in [9.17, 15) is 34.8 Å². The molecular formula is C31H38ClNO10S. The van der Waals surface area contributed by atoms with Crippen molar-refractivity contribution >= 4 is 50.9 Å². The Morgan fingerprint density at radius 1 is 1.14 bits per heavy atom. The van der Waals surface area contributed by atoms with Crippen LogP contribution in [0.15, 0.2) is 48.6 Å². The molecule has 0 aliphatic carbocycles. The molecule has 0 saturated carbocycles. The monoisotopic (exact) mass is 651 g/mol. The van der Waals surface area contributed by atoms with Crippen molar-refractivity contribution in [2.75, 3.05) is 6.54 Å². The van der Waals surface area contributed by atoms with Crippen molar-refractivity contribution in [1.82, 2.24) is 4.90 Å². The molecule has 0 radical (unpaired) electrons. The number of likely N-dealkylation sites (tertiary alicyclic amines) is 1. The Kier molecular flexibility index (Phi) is 12.3. The number of thiophene rings is 1. The van der Waals surface area contributed by atoms with Gasteiger partial charge in [0.2, 0.25) is 5.91 Å². The molecule has 1 aromatic carbocycles. The molecule has 3 heterocycles. The Balaban J connectivity index is 1.51. The zero-order valence-electron chi connectivity index (χ0n) is 24.0. The lowest BCUT2D eigenvalue weighted by Gasteiger charge is -2.39. The van der Waals surface area contributed by atoms with Gasteiger partial charge in [0.1, 0.15) is 18.3 Å². The van der Waals surface area contributed by atoms with E-state index < -0.39 is 48.7 Å². The summed E-state index contributed by atoms with van der Waals surface area (Å²) >= 11 is 8.20. The zero-order chi connectivity index (χ0) is 31.8. The number of rotatable bonds is 14. The molecule has 0 spiro atoms. The smallest absolute Gasteiger partial charge is 0.335 e. The number of piperidine rings is 1. The van der Waals surface area contributed by atoms with Gasteiger partial charge in [0.05, 0.1) is 17.2 Å². The van der Waals surface area contributed by atoms with Gasteiger partial charge in [-0.3, -0.25) is 9.59 Å². The number of amides is 1. The van der Waals surface area contributed by atoms with Crippen LogP contribution in [0.3, 0.4) is 0 Å². The summed E-state index contributed by atoms with van der Waals surface area (Å²) in [5.41, 5.74) is 0. The van der Waals surface area contributed by atoms with Crippen molar-refractivity contribution in [3.63, 3.8) is 0 Å². The Bertz CT molecular complexity index is 1360. The first kappa shape index (κ1) is 34.0. The summed E-state index contributed by atoms with van der Waals surface area (Å²) in [4.78, 5) is 37.8. The highest BCUT2D eigenvalue weighted by Crippen LogP contribution is 2.36. The third kappa shape index (κ3) is 8.66. The summed E-state index contributed by atoms with van der Waals surface area (Å²) in [6.45, 7) is 0.360. The first-order valence-corrected chi connectivity index (χ1v) is 15.8. The number of hydrogen-bond acceptors (Lipinski definition) is 9. The van der Waals surface area contributed by atoms with Gasteiger partial charge >= 0.3 is 11.9 Å². The van der Waals surface area contributed by atoms with E-state index in [1.165, 1.54) is 0 Å². The van der Waals surface area contributed by atoms with E-state index in [0.29, 0.717) is 56.5 Å². The SMILES string of the molecule is O=C(O)CCCC=CCN1C(=O)CCC[C@@H]1C=CC(CCc1sc2ccccc2c1Cl)O[C@@H]1OC(C(=O)O)[C@@H](O)[C@H](O)C1O. The maximum atomic E-state index is 12.8. The summed E-state index contributed by atoms with van der Waals surface area (Å²) < 4.78 is 12.4. The van der Waals surface area contributed by atoms with Crippen LogP contribution in [-0.4, -0.2) is 97.7 Å². The standard InChI is InChI=1S/C31H38ClNO10S/c32-25-20-9-4-5-10-21(20)44-22(25)16-15-19(42-31-28(39)26(37)27(38)29(43-31)30(40)41)14-13-18-8-7-11-23(34)33(18)17-6-2-1-3-12-24(35)36/h2,4-6,9-10,13-14,18-19,26-29,31,37-39H,1,3,7-8,11-12,15-17H2,(H,35,36)(H,40,41)/t18-,19?,26+,27+,28?,29?,31-/m1/s1. The average molecular weight is 652 g/mol. The summed E-state index contributed by atoms with van der Waals surface area (Å²) in [6, 6.07) is 7.49. The molecule has 2 aromatic rings. The van der Waals surface area contributed by atoms with Gasteiger partial charge in [0, 0.05) is 34.3 Å². The number of carbonyl (C=O) groups excluding carboxylic acids is 1. The molecule has 0 bridgehead atoms. The Hall–Kier alpha value is -2.84. The van der Waals surface area contributed by atoms with Crippen LogP contribution in [0.2, 0.25) is 5.02 Å². The lowest BCUT2D eigenvalue weighted by molar-refractivity contribution is -0.300. The number of benzene rings is 1. The predicted octanol–water partition coefficient (Wildman–Crippen LogP) is 3.51. The van der Waals surface area contributed by atoms with Crippen LogP contribution >= 0.6 is 22.9 Å². The first-order chi connectivity index (χ1) is 21.1. The third-order valence-electron chi connectivity index (χ3n) is 7.77. The fourth-order valence-electron chi connectivity index (χ4n) is 5.36. The summed E-state index contributed by atoms with van der Waals surface area (Å²) in [6.07, 6.45) is 1.74. The van der Waals surface area contributed by atoms with Crippen LogP contribution in [0.1, 0.15) is 49.8 Å². The lowest BCUT2D eigenvalue weighted by atomic mass is 9.98. The van der Waals surface area contributed by atoms with Gasteiger partial charge in [-0.05, 0) is 44.6 Å². The lowest BCUT2D eigenvalue weighted by Crippen LogP contribution is -2.60. The maximum Gasteiger partial charge on any atom is 0.335 e. The number of aliphatic carboxylic acids is 2. The number of unbranched alkanes of at least 4 members (excludes halogenated alkanes) is 1. The van der Waals surface area contributed by atoms with Crippen LogP contribution in [0.5, 0.6) is 0 Å². The van der Waals surface area contributed by atoms with E-state index in [0.717, 1.165) is 15.0 Å². The molecule has 4 rings (SSSR count). The van der Waals surface area contributed by atoms with Crippen molar-refractivity contribution in [2.24, 2.45) is 0 Å². The van der Waals surface area contributed by atoms with Gasteiger partial charge in [-0.15, -0.1) is 11.3 Å². The molecule has 1 amide bonds. The van der Waals surface area contributed by atoms with Crippen LogP contribution in [0.4, 0.5) is 0 Å². The number of ether oxygens (including phenoxy) is 2. The largest absolute Gasteiger partial charge is 0.481 e. The Labute approximate surface area is 264 Å². The fourth-order valence-corrected chi connectivity index (χ4v) is 6.90. The number of aliphatic hydroxyl groups excluding tert-OH is 3. The topological polar surface area (TPSA) is 174 Å². The van der Waals surface area contributed by atoms with E-state index in [1.807, 2.05) is 42.5 Å². The maximum absolute atomic E-state index is 12.8. The number of fused-ring (bicyclic) bond motifs is 1. The van der Waals surface area contributed by atoms with Gasteiger partial charge < -0.3 is 39.9 Å². The molecule has 7 atom stereocenters. The molecule has 2 aliphatic heterocycles. The molecule has 2 saturated heterocycles. The van der Waals surface area contributed by atoms with Gasteiger partial charge in [-0.1, -0.05) is 54.1 Å². The van der Waals surface area contributed by atoms with Crippen LogP contribution in [0.25, 0.3) is 10.1 Å². The molecule has 11 nitrogen and oxygen atoms in total. The van der Waals surface area contributed by atoms with Crippen molar-refractivity contribution in [2.45, 2.75) is 94.2 Å². The van der Waals surface area contributed by atoms with Crippen LogP contribution in [0, 0.1) is 0 Å². The second-order valence-electron chi connectivity index (χ2n) is 10.9. The number of allylic oxidation sites excluding steroid dienone is 1. The Morgan fingerprint density at radius 2 is 1.91 bits per heavy atom. The fraction of sp³-hybridized carbons (Fsp3) is 0.516. The summed E-state index contributed by atoms with van der Waals surface area (Å²) in [5, 5.41) is 50.8. The molecular weight excluding hydrogens is 614 g/mol.